The lowest BCUT2D eigenvalue weighted by molar-refractivity contribution is 0.487. The van der Waals surface area contributed by atoms with Gasteiger partial charge in [-0.25, -0.2) is 0 Å². The fraction of sp³-hybridized carbons (Fsp3) is 0.571. The van der Waals surface area contributed by atoms with Crippen LogP contribution in [-0.4, -0.2) is 0 Å². The summed E-state index contributed by atoms with van der Waals surface area (Å²) in [7, 11) is 0. The van der Waals surface area contributed by atoms with Crippen molar-refractivity contribution in [2.24, 2.45) is 5.92 Å². The first-order valence-electron chi connectivity index (χ1n) is 5.85. The zero-order valence-corrected chi connectivity index (χ0v) is 9.50. The summed E-state index contributed by atoms with van der Waals surface area (Å²) in [4.78, 5) is 0. The highest BCUT2D eigenvalue weighted by Gasteiger charge is 2.01. The molecule has 0 fully saturated rings. The Morgan fingerprint density at radius 3 is 2.93 bits per heavy atom. The lowest BCUT2D eigenvalue weighted by Gasteiger charge is -2.09. The van der Waals surface area contributed by atoms with Gasteiger partial charge in [-0.1, -0.05) is 57.1 Å². The Labute approximate surface area is 88.4 Å². The van der Waals surface area contributed by atoms with Crippen LogP contribution in [0.15, 0.2) is 36.0 Å². The second kappa shape index (κ2) is 6.64. The molecule has 0 saturated heterocycles. The maximum atomic E-state index is 2.36. The van der Waals surface area contributed by atoms with Crippen LogP contribution >= 0.6 is 0 Å². The van der Waals surface area contributed by atoms with Gasteiger partial charge in [0, 0.05) is 0 Å². The van der Waals surface area contributed by atoms with Gasteiger partial charge in [0.15, 0.2) is 0 Å². The van der Waals surface area contributed by atoms with Crippen molar-refractivity contribution in [1.82, 2.24) is 0 Å². The third-order valence-corrected chi connectivity index (χ3v) is 2.76. The SMILES string of the molecule is CCCC(C)CCC1=CC=CCC=C1. The van der Waals surface area contributed by atoms with Crippen molar-refractivity contribution >= 4 is 0 Å². The molecule has 0 heterocycles. The molecule has 1 aliphatic carbocycles. The Balaban J connectivity index is 2.29. The van der Waals surface area contributed by atoms with Crippen molar-refractivity contribution in [2.75, 3.05) is 0 Å². The maximum absolute atomic E-state index is 2.36. The summed E-state index contributed by atoms with van der Waals surface area (Å²) < 4.78 is 0. The first-order chi connectivity index (χ1) is 6.83. The minimum atomic E-state index is 0.876. The van der Waals surface area contributed by atoms with Gasteiger partial charge in [0.2, 0.25) is 0 Å². The standard InChI is InChI=1S/C14H22/c1-3-8-13(2)11-12-14-9-6-4-5-7-10-14/h4,6-7,9-10,13H,3,5,8,11-12H2,1-2H3. The quantitative estimate of drug-likeness (QED) is 0.592. The van der Waals surface area contributed by atoms with Crippen molar-refractivity contribution in [3.8, 4) is 0 Å². The van der Waals surface area contributed by atoms with Gasteiger partial charge in [0.1, 0.15) is 0 Å². The molecule has 0 heteroatoms. The van der Waals surface area contributed by atoms with Gasteiger partial charge < -0.3 is 0 Å². The number of hydrogen-bond acceptors (Lipinski definition) is 0. The second-order valence-corrected chi connectivity index (χ2v) is 4.24. The second-order valence-electron chi connectivity index (χ2n) is 4.24. The van der Waals surface area contributed by atoms with E-state index in [2.05, 4.69) is 44.2 Å². The van der Waals surface area contributed by atoms with E-state index < -0.39 is 0 Å². The largest absolute Gasteiger partial charge is 0.0807 e. The molecule has 1 aliphatic rings. The van der Waals surface area contributed by atoms with Crippen molar-refractivity contribution in [2.45, 2.75) is 46.0 Å². The molecule has 0 bridgehead atoms. The van der Waals surface area contributed by atoms with E-state index >= 15 is 0 Å². The lowest BCUT2D eigenvalue weighted by atomic mass is 9.97. The first kappa shape index (κ1) is 11.3. The molecule has 0 aliphatic heterocycles. The van der Waals surface area contributed by atoms with E-state index in [1.165, 1.54) is 31.3 Å². The molecule has 0 aromatic rings. The minimum Gasteiger partial charge on any atom is -0.0807 e. The molecule has 1 rings (SSSR count). The van der Waals surface area contributed by atoms with E-state index in [9.17, 15) is 0 Å². The summed E-state index contributed by atoms with van der Waals surface area (Å²) >= 11 is 0. The van der Waals surface area contributed by atoms with E-state index in [1.807, 2.05) is 0 Å². The van der Waals surface area contributed by atoms with Crippen molar-refractivity contribution in [3.63, 3.8) is 0 Å². The summed E-state index contributed by atoms with van der Waals surface area (Å²) in [6, 6.07) is 0. The molecule has 0 aromatic carbocycles. The normalized spacial score (nSPS) is 17.7. The summed E-state index contributed by atoms with van der Waals surface area (Å²) in [5, 5.41) is 0. The summed E-state index contributed by atoms with van der Waals surface area (Å²) in [6.45, 7) is 4.63. The summed E-state index contributed by atoms with van der Waals surface area (Å²) in [6.07, 6.45) is 17.5. The molecule has 1 unspecified atom stereocenters. The predicted octanol–water partition coefficient (Wildman–Crippen LogP) is 4.65. The average Bonchev–Trinajstić information content (AvgIpc) is 2.43. The van der Waals surface area contributed by atoms with Gasteiger partial charge in [0.05, 0.1) is 0 Å². The molecule has 0 nitrogen and oxygen atoms in total. The molecule has 0 saturated carbocycles. The highest BCUT2D eigenvalue weighted by molar-refractivity contribution is 5.27. The van der Waals surface area contributed by atoms with Gasteiger partial charge in [-0.05, 0) is 30.8 Å². The summed E-state index contributed by atoms with van der Waals surface area (Å²) in [5.41, 5.74) is 1.49. The lowest BCUT2D eigenvalue weighted by Crippen LogP contribution is -1.94. The third kappa shape index (κ3) is 4.45. The average molecular weight is 190 g/mol. The highest BCUT2D eigenvalue weighted by Crippen LogP contribution is 2.18. The van der Waals surface area contributed by atoms with Crippen LogP contribution in [0.1, 0.15) is 46.0 Å². The van der Waals surface area contributed by atoms with E-state index in [4.69, 9.17) is 0 Å². The molecule has 0 radical (unpaired) electrons. The van der Waals surface area contributed by atoms with Gasteiger partial charge in [0.25, 0.3) is 0 Å². The van der Waals surface area contributed by atoms with Gasteiger partial charge in [-0.2, -0.15) is 0 Å². The van der Waals surface area contributed by atoms with Crippen LogP contribution in [0, 0.1) is 5.92 Å². The predicted molar refractivity (Wildman–Crippen MR) is 64.3 cm³/mol. The van der Waals surface area contributed by atoms with E-state index in [0.29, 0.717) is 0 Å². The number of rotatable bonds is 5. The molecule has 0 amide bonds. The van der Waals surface area contributed by atoms with E-state index in [-0.39, 0.29) is 0 Å². The Morgan fingerprint density at radius 1 is 1.29 bits per heavy atom. The maximum Gasteiger partial charge on any atom is -0.0163 e. The Morgan fingerprint density at radius 2 is 2.14 bits per heavy atom. The van der Waals surface area contributed by atoms with Gasteiger partial charge >= 0.3 is 0 Å². The van der Waals surface area contributed by atoms with Gasteiger partial charge in [-0.15, -0.1) is 0 Å². The topological polar surface area (TPSA) is 0 Å². The Kier molecular flexibility index (Phi) is 5.36. The van der Waals surface area contributed by atoms with E-state index in [0.717, 1.165) is 12.3 Å². The zero-order chi connectivity index (χ0) is 10.2. The molecular weight excluding hydrogens is 168 g/mol. The summed E-state index contributed by atoms with van der Waals surface area (Å²) in [5.74, 6) is 0.876. The van der Waals surface area contributed by atoms with Crippen LogP contribution in [0.25, 0.3) is 0 Å². The van der Waals surface area contributed by atoms with Crippen molar-refractivity contribution < 1.29 is 0 Å². The van der Waals surface area contributed by atoms with Crippen LogP contribution in [0.5, 0.6) is 0 Å². The fourth-order valence-electron chi connectivity index (χ4n) is 1.84. The zero-order valence-electron chi connectivity index (χ0n) is 9.50. The number of allylic oxidation sites excluding steroid dienone is 6. The van der Waals surface area contributed by atoms with Crippen LogP contribution in [-0.2, 0) is 0 Å². The molecule has 0 N–H and O–H groups in total. The molecule has 78 valence electrons. The van der Waals surface area contributed by atoms with Crippen molar-refractivity contribution in [1.29, 1.82) is 0 Å². The highest BCUT2D eigenvalue weighted by atomic mass is 14.1. The van der Waals surface area contributed by atoms with Crippen LogP contribution < -0.4 is 0 Å². The van der Waals surface area contributed by atoms with Crippen molar-refractivity contribution in [3.05, 3.63) is 36.0 Å². The Bertz CT molecular complexity index is 230. The van der Waals surface area contributed by atoms with Gasteiger partial charge in [-0.3, -0.25) is 0 Å². The minimum absolute atomic E-state index is 0.876. The monoisotopic (exact) mass is 190 g/mol. The van der Waals surface area contributed by atoms with Crippen LogP contribution in [0.4, 0.5) is 0 Å². The fourth-order valence-corrected chi connectivity index (χ4v) is 1.84. The molecule has 0 aromatic heterocycles. The first-order valence-corrected chi connectivity index (χ1v) is 5.85. The molecule has 14 heavy (non-hydrogen) atoms. The third-order valence-electron chi connectivity index (χ3n) is 2.76. The Hall–Kier alpha value is -0.780. The van der Waals surface area contributed by atoms with Crippen LogP contribution in [0.2, 0.25) is 0 Å². The molecule has 1 atom stereocenters. The molecule has 0 spiro atoms. The number of hydrogen-bond donors (Lipinski definition) is 0. The molecular formula is C14H22. The smallest absolute Gasteiger partial charge is 0.0163 e. The van der Waals surface area contributed by atoms with E-state index in [1.54, 1.807) is 0 Å². The van der Waals surface area contributed by atoms with Crippen LogP contribution in [0.3, 0.4) is 0 Å².